The van der Waals surface area contributed by atoms with Crippen LogP contribution >= 0.6 is 0 Å². The minimum Gasteiger partial charge on any atom is -0.506 e. The smallest absolute Gasteiger partial charge is 0.343 e. The van der Waals surface area contributed by atoms with Gasteiger partial charge in [0, 0.05) is 6.21 Å². The van der Waals surface area contributed by atoms with Crippen LogP contribution in [0.1, 0.15) is 12.5 Å². The Balaban J connectivity index is 2.15. The van der Waals surface area contributed by atoms with Gasteiger partial charge < -0.3 is 15.6 Å². The lowest BCUT2D eigenvalue weighted by molar-refractivity contribution is -0.137. The summed E-state index contributed by atoms with van der Waals surface area (Å²) in [7, 11) is 0. The number of hydrogen-bond donors (Lipinski definition) is 2. The van der Waals surface area contributed by atoms with Crippen LogP contribution < -0.4 is 5.73 Å². The van der Waals surface area contributed by atoms with Crippen molar-refractivity contribution in [2.75, 3.05) is 12.3 Å². The maximum atomic E-state index is 14.1. The van der Waals surface area contributed by atoms with Gasteiger partial charge in [-0.2, -0.15) is 0 Å². The van der Waals surface area contributed by atoms with E-state index in [1.807, 2.05) is 12.1 Å². The summed E-state index contributed by atoms with van der Waals surface area (Å²) < 4.78 is 59.3. The van der Waals surface area contributed by atoms with Crippen LogP contribution in [0, 0.1) is 23.3 Å². The zero-order chi connectivity index (χ0) is 22.7. The molecule has 0 saturated carbocycles. The number of carbonyl (C=O) groups is 1. The highest BCUT2D eigenvalue weighted by Crippen LogP contribution is 2.29. The van der Waals surface area contributed by atoms with Crippen LogP contribution in [0.2, 0.25) is 0 Å². The second-order valence-electron chi connectivity index (χ2n) is 6.35. The van der Waals surface area contributed by atoms with E-state index in [0.717, 1.165) is 17.0 Å². The standard InChI is InChI=1S/C22H16F4N2O3/c1-2-31-22(30)14(21(29)13-9-15(23)19(25)20(26)18(13)24)10-28-17-8-12-6-4-3-5-11(12)7-16(17)27/h3-10,29H,2,27H2,1H3. The Bertz CT molecular complexity index is 1240. The fraction of sp³-hybridized carbons (Fsp3) is 0.0909. The van der Waals surface area contributed by atoms with E-state index in [0.29, 0.717) is 0 Å². The Morgan fingerprint density at radius 1 is 1.06 bits per heavy atom. The number of halogens is 4. The molecule has 3 N–H and O–H groups in total. The van der Waals surface area contributed by atoms with Crippen molar-refractivity contribution in [3.63, 3.8) is 0 Å². The summed E-state index contributed by atoms with van der Waals surface area (Å²) in [6, 6.07) is 10.7. The molecule has 0 aliphatic rings. The Hall–Kier alpha value is -3.88. The minimum atomic E-state index is -2.14. The third kappa shape index (κ3) is 4.35. The molecule has 0 unspecified atom stereocenters. The Kier molecular flexibility index (Phi) is 6.24. The first-order valence-electron chi connectivity index (χ1n) is 9.00. The molecule has 0 atom stereocenters. The van der Waals surface area contributed by atoms with Crippen LogP contribution in [0.5, 0.6) is 0 Å². The Labute approximate surface area is 174 Å². The summed E-state index contributed by atoms with van der Waals surface area (Å²) in [5.41, 5.74) is 4.64. The van der Waals surface area contributed by atoms with Gasteiger partial charge in [-0.3, -0.25) is 4.99 Å². The molecule has 0 radical (unpaired) electrons. The zero-order valence-corrected chi connectivity index (χ0v) is 16.1. The number of benzene rings is 3. The number of nitrogens with zero attached hydrogens (tertiary/aromatic N) is 1. The van der Waals surface area contributed by atoms with E-state index >= 15 is 0 Å². The van der Waals surface area contributed by atoms with Gasteiger partial charge in [0.25, 0.3) is 0 Å². The van der Waals surface area contributed by atoms with Crippen molar-refractivity contribution in [1.29, 1.82) is 0 Å². The van der Waals surface area contributed by atoms with Gasteiger partial charge in [-0.1, -0.05) is 24.3 Å². The first-order valence-corrected chi connectivity index (χ1v) is 9.00. The fourth-order valence-corrected chi connectivity index (χ4v) is 2.80. The van der Waals surface area contributed by atoms with Gasteiger partial charge in [-0.25, -0.2) is 22.4 Å². The summed E-state index contributed by atoms with van der Waals surface area (Å²) >= 11 is 0. The largest absolute Gasteiger partial charge is 0.506 e. The van der Waals surface area contributed by atoms with Crippen LogP contribution in [0.25, 0.3) is 16.5 Å². The zero-order valence-electron chi connectivity index (χ0n) is 16.1. The van der Waals surface area contributed by atoms with Crippen LogP contribution in [0.15, 0.2) is 53.0 Å². The molecular formula is C22H16F4N2O3. The van der Waals surface area contributed by atoms with E-state index in [1.54, 1.807) is 24.3 Å². The molecule has 3 aromatic carbocycles. The van der Waals surface area contributed by atoms with E-state index in [-0.39, 0.29) is 24.0 Å². The van der Waals surface area contributed by atoms with Crippen molar-refractivity contribution in [1.82, 2.24) is 0 Å². The number of fused-ring (bicyclic) bond motifs is 1. The number of carbonyl (C=O) groups excluding carboxylic acids is 1. The number of nitrogen functional groups attached to an aromatic ring is 1. The number of ether oxygens (including phenoxy) is 1. The summed E-state index contributed by atoms with van der Waals surface area (Å²) in [4.78, 5) is 16.3. The van der Waals surface area contributed by atoms with Crippen LogP contribution in [-0.4, -0.2) is 23.9 Å². The summed E-state index contributed by atoms with van der Waals surface area (Å²) in [5, 5.41) is 12.0. The maximum absolute atomic E-state index is 14.1. The van der Waals surface area contributed by atoms with Crippen molar-refractivity contribution < 1.29 is 32.2 Å². The summed E-state index contributed by atoms with van der Waals surface area (Å²) in [6.45, 7) is 1.36. The number of nitrogens with two attached hydrogens (primary N) is 1. The third-order valence-electron chi connectivity index (χ3n) is 4.34. The fourth-order valence-electron chi connectivity index (χ4n) is 2.80. The normalized spacial score (nSPS) is 12.3. The number of rotatable bonds is 5. The monoisotopic (exact) mass is 432 g/mol. The van der Waals surface area contributed by atoms with Gasteiger partial charge in [0.05, 0.1) is 23.5 Å². The van der Waals surface area contributed by atoms with E-state index in [9.17, 15) is 27.5 Å². The molecule has 0 amide bonds. The number of hydrogen-bond acceptors (Lipinski definition) is 5. The van der Waals surface area contributed by atoms with Crippen molar-refractivity contribution in [3.05, 3.63) is 76.9 Å². The SMILES string of the molecule is CCOC(=O)C(C=Nc1cc2ccccc2cc1N)=C(O)c1cc(F)c(F)c(F)c1F. The topological polar surface area (TPSA) is 84.9 Å². The van der Waals surface area contributed by atoms with Crippen molar-refractivity contribution in [2.45, 2.75) is 6.92 Å². The number of aliphatic hydroxyl groups excluding tert-OH is 1. The van der Waals surface area contributed by atoms with Crippen molar-refractivity contribution in [2.24, 2.45) is 4.99 Å². The highest BCUT2D eigenvalue weighted by Gasteiger charge is 2.25. The van der Waals surface area contributed by atoms with Gasteiger partial charge >= 0.3 is 5.97 Å². The first kappa shape index (κ1) is 21.8. The van der Waals surface area contributed by atoms with E-state index < -0.39 is 46.1 Å². The van der Waals surface area contributed by atoms with Gasteiger partial charge in [-0.05, 0) is 35.9 Å². The average Bonchev–Trinajstić information content (AvgIpc) is 2.75. The van der Waals surface area contributed by atoms with Gasteiger partial charge in [0.2, 0.25) is 0 Å². The molecule has 5 nitrogen and oxygen atoms in total. The van der Waals surface area contributed by atoms with Gasteiger partial charge in [0.15, 0.2) is 23.3 Å². The Morgan fingerprint density at radius 3 is 2.35 bits per heavy atom. The predicted molar refractivity (Wildman–Crippen MR) is 109 cm³/mol. The van der Waals surface area contributed by atoms with Gasteiger partial charge in [-0.15, -0.1) is 0 Å². The maximum Gasteiger partial charge on any atom is 0.343 e. The van der Waals surface area contributed by atoms with Crippen molar-refractivity contribution in [3.8, 4) is 0 Å². The first-order chi connectivity index (χ1) is 14.7. The molecule has 3 rings (SSSR count). The van der Waals surface area contributed by atoms with E-state index in [2.05, 4.69) is 4.99 Å². The highest BCUT2D eigenvalue weighted by atomic mass is 19.2. The second-order valence-corrected chi connectivity index (χ2v) is 6.35. The predicted octanol–water partition coefficient (Wildman–Crippen LogP) is 5.21. The molecule has 0 heterocycles. The lowest BCUT2D eigenvalue weighted by atomic mass is 10.1. The number of esters is 1. The highest BCUT2D eigenvalue weighted by molar-refractivity contribution is 6.15. The average molecular weight is 432 g/mol. The molecule has 0 saturated heterocycles. The number of anilines is 1. The molecule has 160 valence electrons. The minimum absolute atomic E-state index is 0.115. The molecule has 0 bridgehead atoms. The molecular weight excluding hydrogens is 416 g/mol. The van der Waals surface area contributed by atoms with Crippen molar-refractivity contribution >= 4 is 40.1 Å². The lowest BCUT2D eigenvalue weighted by Crippen LogP contribution is -2.12. The third-order valence-corrected chi connectivity index (χ3v) is 4.34. The number of aliphatic hydroxyl groups is 1. The molecule has 0 spiro atoms. The molecule has 0 aliphatic heterocycles. The molecule has 0 fully saturated rings. The lowest BCUT2D eigenvalue weighted by Gasteiger charge is -2.09. The molecule has 0 aromatic heterocycles. The summed E-state index contributed by atoms with van der Waals surface area (Å²) in [6.07, 6.45) is 0.826. The van der Waals surface area contributed by atoms with E-state index in [1.165, 1.54) is 6.92 Å². The molecule has 0 aliphatic carbocycles. The van der Waals surface area contributed by atoms with Gasteiger partial charge in [0.1, 0.15) is 11.3 Å². The van der Waals surface area contributed by atoms with E-state index in [4.69, 9.17) is 10.5 Å². The van der Waals surface area contributed by atoms with Crippen LogP contribution in [0.3, 0.4) is 0 Å². The molecule has 9 heteroatoms. The second kappa shape index (κ2) is 8.86. The molecule has 3 aromatic rings. The Morgan fingerprint density at radius 2 is 1.71 bits per heavy atom. The van der Waals surface area contributed by atoms with Crippen LogP contribution in [0.4, 0.5) is 28.9 Å². The molecule has 31 heavy (non-hydrogen) atoms. The van der Waals surface area contributed by atoms with Crippen LogP contribution in [-0.2, 0) is 9.53 Å². The summed E-state index contributed by atoms with van der Waals surface area (Å²) in [5.74, 6) is -10.1. The quantitative estimate of drug-likeness (QED) is 0.0847. The number of aliphatic imine (C=N–C) groups is 1.